The third-order valence-electron chi connectivity index (χ3n) is 4.34. The van der Waals surface area contributed by atoms with Crippen molar-refractivity contribution in [2.75, 3.05) is 31.2 Å². The van der Waals surface area contributed by atoms with Gasteiger partial charge in [-0.3, -0.25) is 9.59 Å². The van der Waals surface area contributed by atoms with Gasteiger partial charge in [0.15, 0.2) is 0 Å². The van der Waals surface area contributed by atoms with Gasteiger partial charge in [-0.25, -0.2) is 0 Å². The number of aryl methyl sites for hydroxylation is 1. The molecule has 2 fully saturated rings. The highest BCUT2D eigenvalue weighted by Gasteiger charge is 2.32. The monoisotopic (exact) mass is 317 g/mol. The minimum Gasteiger partial charge on any atom is -0.378 e. The van der Waals surface area contributed by atoms with Gasteiger partial charge in [-0.2, -0.15) is 0 Å². The molecule has 2 aliphatic heterocycles. The lowest BCUT2D eigenvalue weighted by atomic mass is 10.0. The van der Waals surface area contributed by atoms with Gasteiger partial charge in [0.1, 0.15) is 12.1 Å². The first kappa shape index (κ1) is 16.0. The average molecular weight is 317 g/mol. The third kappa shape index (κ3) is 3.71. The Kier molecular flexibility index (Phi) is 4.93. The Bertz CT molecular complexity index is 567. The first-order valence-electron chi connectivity index (χ1n) is 8.15. The van der Waals surface area contributed by atoms with E-state index in [1.165, 1.54) is 0 Å². The van der Waals surface area contributed by atoms with Crippen molar-refractivity contribution in [3.63, 3.8) is 0 Å². The van der Waals surface area contributed by atoms with Crippen LogP contribution in [0.5, 0.6) is 0 Å². The molecule has 2 unspecified atom stereocenters. The Balaban J connectivity index is 1.64. The van der Waals surface area contributed by atoms with Crippen molar-refractivity contribution >= 4 is 17.5 Å². The molecule has 0 aromatic heterocycles. The van der Waals surface area contributed by atoms with Crippen LogP contribution in [0.4, 0.5) is 5.69 Å². The molecular formula is C17H23N3O3. The zero-order valence-electron chi connectivity index (χ0n) is 13.4. The van der Waals surface area contributed by atoms with E-state index in [2.05, 4.69) is 10.6 Å². The molecular weight excluding hydrogens is 294 g/mol. The van der Waals surface area contributed by atoms with E-state index in [0.717, 1.165) is 17.7 Å². The zero-order valence-corrected chi connectivity index (χ0v) is 13.4. The van der Waals surface area contributed by atoms with Gasteiger partial charge in [0.05, 0.1) is 13.2 Å². The van der Waals surface area contributed by atoms with Crippen molar-refractivity contribution in [2.24, 2.45) is 0 Å². The molecule has 2 amide bonds. The lowest BCUT2D eigenvalue weighted by Gasteiger charge is -2.34. The molecule has 124 valence electrons. The third-order valence-corrected chi connectivity index (χ3v) is 4.34. The van der Waals surface area contributed by atoms with E-state index < -0.39 is 6.04 Å². The van der Waals surface area contributed by atoms with Gasteiger partial charge in [0.25, 0.3) is 0 Å². The predicted molar refractivity (Wildman–Crippen MR) is 87.3 cm³/mol. The van der Waals surface area contributed by atoms with E-state index >= 15 is 0 Å². The van der Waals surface area contributed by atoms with Gasteiger partial charge in [-0.1, -0.05) is 17.7 Å². The van der Waals surface area contributed by atoms with Gasteiger partial charge in [0.2, 0.25) is 11.8 Å². The highest BCUT2D eigenvalue weighted by Crippen LogP contribution is 2.21. The number of nitrogens with zero attached hydrogens (tertiary/aromatic N) is 1. The van der Waals surface area contributed by atoms with Crippen LogP contribution in [-0.4, -0.2) is 50.2 Å². The van der Waals surface area contributed by atoms with Crippen LogP contribution in [0.25, 0.3) is 0 Å². The lowest BCUT2D eigenvalue weighted by Crippen LogP contribution is -2.58. The molecule has 0 bridgehead atoms. The fourth-order valence-corrected chi connectivity index (χ4v) is 3.00. The average Bonchev–Trinajstić information content (AvgIpc) is 2.58. The summed E-state index contributed by atoms with van der Waals surface area (Å²) in [6.45, 7) is 4.34. The molecule has 0 spiro atoms. The SMILES string of the molecule is Cc1ccc(N2CCCC(NC(=O)C3COCCN3)C2=O)cc1. The van der Waals surface area contributed by atoms with Crippen molar-refractivity contribution in [3.8, 4) is 0 Å². The van der Waals surface area contributed by atoms with Crippen LogP contribution >= 0.6 is 0 Å². The molecule has 1 aromatic carbocycles. The number of morpholine rings is 1. The Labute approximate surface area is 136 Å². The maximum absolute atomic E-state index is 12.7. The van der Waals surface area contributed by atoms with E-state index in [4.69, 9.17) is 4.74 Å². The topological polar surface area (TPSA) is 70.7 Å². The highest BCUT2D eigenvalue weighted by molar-refractivity contribution is 6.00. The van der Waals surface area contributed by atoms with Crippen LogP contribution in [-0.2, 0) is 14.3 Å². The first-order chi connectivity index (χ1) is 11.1. The Hall–Kier alpha value is -1.92. The van der Waals surface area contributed by atoms with Crippen molar-refractivity contribution < 1.29 is 14.3 Å². The zero-order chi connectivity index (χ0) is 16.2. The van der Waals surface area contributed by atoms with E-state index in [1.807, 2.05) is 31.2 Å². The van der Waals surface area contributed by atoms with Gasteiger partial charge in [-0.05, 0) is 31.9 Å². The summed E-state index contributed by atoms with van der Waals surface area (Å²) < 4.78 is 5.30. The summed E-state index contributed by atoms with van der Waals surface area (Å²) in [6.07, 6.45) is 1.56. The standard InChI is InChI=1S/C17H23N3O3/c1-12-4-6-13(7-5-12)20-9-2-3-14(17(20)22)19-16(21)15-11-23-10-8-18-15/h4-7,14-15,18H,2-3,8-11H2,1H3,(H,19,21). The van der Waals surface area contributed by atoms with Gasteiger partial charge in [0, 0.05) is 18.8 Å². The molecule has 3 rings (SSSR count). The van der Waals surface area contributed by atoms with E-state index in [-0.39, 0.29) is 17.9 Å². The number of hydrogen-bond donors (Lipinski definition) is 2. The molecule has 2 atom stereocenters. The summed E-state index contributed by atoms with van der Waals surface area (Å²) in [5.41, 5.74) is 2.05. The number of rotatable bonds is 3. The summed E-state index contributed by atoms with van der Waals surface area (Å²) in [6, 6.07) is 7.07. The van der Waals surface area contributed by atoms with Crippen LogP contribution in [0.3, 0.4) is 0 Å². The molecule has 2 N–H and O–H groups in total. The maximum Gasteiger partial charge on any atom is 0.249 e. The number of nitrogens with one attached hydrogen (secondary N) is 2. The Morgan fingerprint density at radius 3 is 2.83 bits per heavy atom. The number of carbonyl (C=O) groups is 2. The molecule has 0 saturated carbocycles. The van der Waals surface area contributed by atoms with Crippen molar-refractivity contribution in [1.29, 1.82) is 0 Å². The smallest absolute Gasteiger partial charge is 0.249 e. The predicted octanol–water partition coefficient (Wildman–Crippen LogP) is 0.595. The molecule has 1 aromatic rings. The fourth-order valence-electron chi connectivity index (χ4n) is 3.00. The summed E-state index contributed by atoms with van der Waals surface area (Å²) in [5, 5.41) is 5.99. The fraction of sp³-hybridized carbons (Fsp3) is 0.529. The summed E-state index contributed by atoms with van der Waals surface area (Å²) in [7, 11) is 0. The maximum atomic E-state index is 12.7. The second-order valence-electron chi connectivity index (χ2n) is 6.11. The Morgan fingerprint density at radius 1 is 1.35 bits per heavy atom. The van der Waals surface area contributed by atoms with Crippen LogP contribution < -0.4 is 15.5 Å². The molecule has 2 saturated heterocycles. The molecule has 2 heterocycles. The van der Waals surface area contributed by atoms with Gasteiger partial charge < -0.3 is 20.3 Å². The minimum atomic E-state index is -0.457. The molecule has 6 heteroatoms. The minimum absolute atomic E-state index is 0.0369. The van der Waals surface area contributed by atoms with Crippen molar-refractivity contribution in [2.45, 2.75) is 31.8 Å². The molecule has 23 heavy (non-hydrogen) atoms. The quantitative estimate of drug-likeness (QED) is 0.856. The van der Waals surface area contributed by atoms with Gasteiger partial charge in [-0.15, -0.1) is 0 Å². The molecule has 0 radical (unpaired) electrons. The van der Waals surface area contributed by atoms with Crippen LogP contribution in [0.15, 0.2) is 24.3 Å². The number of piperidine rings is 1. The molecule has 2 aliphatic rings. The van der Waals surface area contributed by atoms with Crippen LogP contribution in [0, 0.1) is 6.92 Å². The number of benzene rings is 1. The number of ether oxygens (including phenoxy) is 1. The lowest BCUT2D eigenvalue weighted by molar-refractivity contribution is -0.131. The largest absolute Gasteiger partial charge is 0.378 e. The second-order valence-corrected chi connectivity index (χ2v) is 6.11. The normalized spacial score (nSPS) is 25.3. The highest BCUT2D eigenvalue weighted by atomic mass is 16.5. The summed E-state index contributed by atoms with van der Waals surface area (Å²) in [5.74, 6) is -0.195. The molecule has 6 nitrogen and oxygen atoms in total. The van der Waals surface area contributed by atoms with E-state index in [9.17, 15) is 9.59 Å². The Morgan fingerprint density at radius 2 is 2.13 bits per heavy atom. The van der Waals surface area contributed by atoms with Crippen molar-refractivity contribution in [3.05, 3.63) is 29.8 Å². The number of carbonyl (C=O) groups excluding carboxylic acids is 2. The van der Waals surface area contributed by atoms with Crippen LogP contribution in [0.1, 0.15) is 18.4 Å². The summed E-state index contributed by atoms with van der Waals surface area (Å²) in [4.78, 5) is 26.7. The number of hydrogen-bond acceptors (Lipinski definition) is 4. The van der Waals surface area contributed by atoms with Gasteiger partial charge >= 0.3 is 0 Å². The van der Waals surface area contributed by atoms with E-state index in [0.29, 0.717) is 32.7 Å². The second kappa shape index (κ2) is 7.10. The number of amides is 2. The summed E-state index contributed by atoms with van der Waals surface area (Å²) >= 11 is 0. The first-order valence-corrected chi connectivity index (χ1v) is 8.15. The number of anilines is 1. The van der Waals surface area contributed by atoms with Crippen LogP contribution in [0.2, 0.25) is 0 Å². The van der Waals surface area contributed by atoms with E-state index in [1.54, 1.807) is 4.90 Å². The van der Waals surface area contributed by atoms with Crippen molar-refractivity contribution in [1.82, 2.24) is 10.6 Å². The molecule has 0 aliphatic carbocycles.